The van der Waals surface area contributed by atoms with E-state index in [0.29, 0.717) is 24.4 Å². The van der Waals surface area contributed by atoms with Crippen LogP contribution in [0, 0.1) is 0 Å². The van der Waals surface area contributed by atoms with Gasteiger partial charge >= 0.3 is 0 Å². The van der Waals surface area contributed by atoms with E-state index in [1.54, 1.807) is 4.90 Å². The van der Waals surface area contributed by atoms with Crippen molar-refractivity contribution in [3.05, 3.63) is 11.3 Å². The molecule has 1 aliphatic carbocycles. The number of nitrogens with two attached hydrogens (primary N) is 1. The monoisotopic (exact) mass is 306 g/mol. The lowest BCUT2D eigenvalue weighted by atomic mass is 10.0. The normalized spacial score (nSPS) is 25.0. The number of carbonyl (C=O) groups is 1. The van der Waals surface area contributed by atoms with E-state index >= 15 is 0 Å². The molecule has 1 aliphatic heterocycles. The third-order valence-electron chi connectivity index (χ3n) is 4.39. The topological polar surface area (TPSA) is 102 Å². The molecule has 120 valence electrons. The average molecular weight is 306 g/mol. The zero-order chi connectivity index (χ0) is 15.7. The number of carbonyl (C=O) groups excluding carboxylic acids is 1. The molecule has 0 aromatic carbocycles. The first kappa shape index (κ1) is 15.0. The second kappa shape index (κ2) is 6.08. The number of hydrogen-bond donors (Lipinski definition) is 2. The highest BCUT2D eigenvalue weighted by molar-refractivity contribution is 6.00. The first-order chi connectivity index (χ1) is 10.6. The summed E-state index contributed by atoms with van der Waals surface area (Å²) >= 11 is 0. The highest BCUT2D eigenvalue weighted by Crippen LogP contribution is 2.33. The number of rotatable bonds is 3. The number of amides is 1. The summed E-state index contributed by atoms with van der Waals surface area (Å²) in [5, 5.41) is 10.3. The van der Waals surface area contributed by atoms with Gasteiger partial charge in [-0.2, -0.15) is 4.98 Å². The number of nitrogen functional groups attached to an aromatic ring is 1. The van der Waals surface area contributed by atoms with Crippen molar-refractivity contribution in [2.75, 3.05) is 12.3 Å². The van der Waals surface area contributed by atoms with E-state index in [2.05, 4.69) is 9.97 Å². The fourth-order valence-corrected chi connectivity index (χ4v) is 3.35. The Bertz CT molecular complexity index is 578. The molecule has 3 rings (SSSR count). The first-order valence-electron chi connectivity index (χ1n) is 7.90. The van der Waals surface area contributed by atoms with Crippen LogP contribution in [0.2, 0.25) is 0 Å². The minimum atomic E-state index is -0.485. The molecule has 22 heavy (non-hydrogen) atoms. The van der Waals surface area contributed by atoms with E-state index in [9.17, 15) is 9.90 Å². The van der Waals surface area contributed by atoms with Gasteiger partial charge in [0.15, 0.2) is 0 Å². The smallest absolute Gasteiger partial charge is 0.261 e. The van der Waals surface area contributed by atoms with Gasteiger partial charge in [0.05, 0.1) is 31.0 Å². The summed E-state index contributed by atoms with van der Waals surface area (Å²) in [6.45, 7) is 2.60. The molecule has 1 fully saturated rings. The Balaban J connectivity index is 1.91. The van der Waals surface area contributed by atoms with Crippen LogP contribution < -0.4 is 10.5 Å². The van der Waals surface area contributed by atoms with E-state index in [0.717, 1.165) is 32.1 Å². The molecule has 0 bridgehead atoms. The first-order valence-corrected chi connectivity index (χ1v) is 7.90. The van der Waals surface area contributed by atoms with E-state index in [1.807, 2.05) is 6.92 Å². The molecule has 3 N–H and O–H groups in total. The summed E-state index contributed by atoms with van der Waals surface area (Å²) in [6.07, 6.45) is 4.18. The molecule has 1 amide bonds. The Kier molecular flexibility index (Phi) is 4.15. The lowest BCUT2D eigenvalue weighted by Gasteiger charge is -2.30. The SMILES string of the molecule is CCOc1nc(N)nc2c1C(=O)N([C@@H]1CCCCC[C@@H]1O)C2. The molecule has 7 nitrogen and oxygen atoms in total. The maximum atomic E-state index is 12.8. The van der Waals surface area contributed by atoms with Crippen LogP contribution >= 0.6 is 0 Å². The van der Waals surface area contributed by atoms with Crippen LogP contribution in [0.4, 0.5) is 5.95 Å². The molecule has 0 unspecified atom stereocenters. The van der Waals surface area contributed by atoms with Crippen LogP contribution in [-0.4, -0.2) is 44.6 Å². The zero-order valence-electron chi connectivity index (χ0n) is 12.8. The van der Waals surface area contributed by atoms with Gasteiger partial charge in [-0.1, -0.05) is 19.3 Å². The molecule has 1 saturated carbocycles. The molecule has 2 aliphatic rings. The maximum absolute atomic E-state index is 12.8. The summed E-state index contributed by atoms with van der Waals surface area (Å²) in [4.78, 5) is 22.7. The Morgan fingerprint density at radius 1 is 1.32 bits per heavy atom. The Morgan fingerprint density at radius 2 is 2.09 bits per heavy atom. The summed E-state index contributed by atoms with van der Waals surface area (Å²) in [5.74, 6) is 0.197. The zero-order valence-corrected chi connectivity index (χ0v) is 12.8. The number of aliphatic hydroxyl groups excluding tert-OH is 1. The number of aliphatic hydroxyl groups is 1. The fraction of sp³-hybridized carbons (Fsp3) is 0.667. The van der Waals surface area contributed by atoms with E-state index in [1.165, 1.54) is 0 Å². The Hall–Kier alpha value is -1.89. The predicted molar refractivity (Wildman–Crippen MR) is 80.4 cm³/mol. The quantitative estimate of drug-likeness (QED) is 0.811. The van der Waals surface area contributed by atoms with Crippen molar-refractivity contribution in [3.8, 4) is 5.88 Å². The number of nitrogens with zero attached hydrogens (tertiary/aromatic N) is 3. The van der Waals surface area contributed by atoms with Crippen LogP contribution in [-0.2, 0) is 6.54 Å². The second-order valence-electron chi connectivity index (χ2n) is 5.85. The van der Waals surface area contributed by atoms with Crippen LogP contribution in [0.15, 0.2) is 0 Å². The summed E-state index contributed by atoms with van der Waals surface area (Å²) < 4.78 is 5.45. The Morgan fingerprint density at radius 3 is 2.86 bits per heavy atom. The second-order valence-corrected chi connectivity index (χ2v) is 5.85. The molecule has 2 atom stereocenters. The third-order valence-corrected chi connectivity index (χ3v) is 4.39. The van der Waals surface area contributed by atoms with Crippen molar-refractivity contribution < 1.29 is 14.6 Å². The molecule has 7 heteroatoms. The van der Waals surface area contributed by atoms with Crippen molar-refractivity contribution in [1.82, 2.24) is 14.9 Å². The van der Waals surface area contributed by atoms with Gasteiger partial charge in [0, 0.05) is 0 Å². The number of fused-ring (bicyclic) bond motifs is 1. The van der Waals surface area contributed by atoms with Gasteiger partial charge in [-0.15, -0.1) is 0 Å². The van der Waals surface area contributed by atoms with Crippen molar-refractivity contribution in [2.24, 2.45) is 0 Å². The molecule has 0 radical (unpaired) electrons. The van der Waals surface area contributed by atoms with Gasteiger partial charge < -0.3 is 20.5 Å². The molecular formula is C15H22N4O3. The minimum absolute atomic E-state index is 0.110. The number of anilines is 1. The van der Waals surface area contributed by atoms with Gasteiger partial charge in [-0.25, -0.2) is 4.98 Å². The van der Waals surface area contributed by atoms with Gasteiger partial charge in [0.25, 0.3) is 5.91 Å². The molecule has 0 saturated heterocycles. The largest absolute Gasteiger partial charge is 0.477 e. The summed E-state index contributed by atoms with van der Waals surface area (Å²) in [5.41, 5.74) is 6.69. The van der Waals surface area contributed by atoms with Crippen molar-refractivity contribution in [3.63, 3.8) is 0 Å². The van der Waals surface area contributed by atoms with Crippen molar-refractivity contribution in [2.45, 2.75) is 57.7 Å². The van der Waals surface area contributed by atoms with Crippen molar-refractivity contribution >= 4 is 11.9 Å². The lowest BCUT2D eigenvalue weighted by molar-refractivity contribution is 0.0343. The van der Waals surface area contributed by atoms with Gasteiger partial charge in [-0.3, -0.25) is 4.79 Å². The van der Waals surface area contributed by atoms with Crippen LogP contribution in [0.3, 0.4) is 0 Å². The highest BCUT2D eigenvalue weighted by atomic mass is 16.5. The number of aromatic nitrogens is 2. The fourth-order valence-electron chi connectivity index (χ4n) is 3.35. The van der Waals surface area contributed by atoms with Crippen LogP contribution in [0.5, 0.6) is 5.88 Å². The van der Waals surface area contributed by atoms with E-state index < -0.39 is 6.10 Å². The Labute approximate surface area is 129 Å². The standard InChI is InChI=1S/C15H22N4O3/c1-2-22-13-12-9(17-15(16)18-13)8-19(14(12)21)10-6-4-3-5-7-11(10)20/h10-11,20H,2-8H2,1H3,(H2,16,17,18)/t10-,11+/m1/s1. The summed E-state index contributed by atoms with van der Waals surface area (Å²) in [6, 6.07) is -0.167. The average Bonchev–Trinajstić information content (AvgIpc) is 2.66. The van der Waals surface area contributed by atoms with Crippen molar-refractivity contribution in [1.29, 1.82) is 0 Å². The highest BCUT2D eigenvalue weighted by Gasteiger charge is 2.40. The molecule has 2 heterocycles. The molecule has 1 aromatic heterocycles. The third kappa shape index (κ3) is 2.61. The van der Waals surface area contributed by atoms with Crippen LogP contribution in [0.25, 0.3) is 0 Å². The van der Waals surface area contributed by atoms with Crippen LogP contribution in [0.1, 0.15) is 55.1 Å². The molecule has 0 spiro atoms. The number of hydrogen-bond acceptors (Lipinski definition) is 6. The van der Waals surface area contributed by atoms with Gasteiger partial charge in [-0.05, 0) is 19.8 Å². The predicted octanol–water partition coefficient (Wildman–Crippen LogP) is 1.11. The van der Waals surface area contributed by atoms with E-state index in [-0.39, 0.29) is 23.8 Å². The van der Waals surface area contributed by atoms with Gasteiger partial charge in [0.2, 0.25) is 11.8 Å². The van der Waals surface area contributed by atoms with Gasteiger partial charge in [0.1, 0.15) is 5.56 Å². The molecular weight excluding hydrogens is 284 g/mol. The summed E-state index contributed by atoms with van der Waals surface area (Å²) in [7, 11) is 0. The minimum Gasteiger partial charge on any atom is -0.477 e. The molecule has 1 aromatic rings. The number of ether oxygens (including phenoxy) is 1. The van der Waals surface area contributed by atoms with E-state index in [4.69, 9.17) is 10.5 Å². The maximum Gasteiger partial charge on any atom is 0.261 e. The lowest BCUT2D eigenvalue weighted by Crippen LogP contribution is -2.43.